The van der Waals surface area contributed by atoms with Crippen LogP contribution in [-0.2, 0) is 18.3 Å². The summed E-state index contributed by atoms with van der Waals surface area (Å²) in [5.74, 6) is 3.09. The number of nitrogens with zero attached hydrogens (tertiary/aromatic N) is 4. The van der Waals surface area contributed by atoms with Gasteiger partial charge in [-0.1, -0.05) is 11.6 Å². The number of guanidine groups is 1. The molecule has 0 radical (unpaired) electrons. The summed E-state index contributed by atoms with van der Waals surface area (Å²) >= 11 is 5.90. The molecule has 0 aliphatic carbocycles. The number of nitrogens with one attached hydrogen (secondary N) is 2. The minimum absolute atomic E-state index is 0.0577. The van der Waals surface area contributed by atoms with Crippen LogP contribution in [0.4, 0.5) is 0 Å². The highest BCUT2D eigenvalue weighted by Crippen LogP contribution is 2.16. The lowest BCUT2D eigenvalue weighted by Gasteiger charge is -2.18. The zero-order chi connectivity index (χ0) is 19.6. The van der Waals surface area contributed by atoms with Crippen molar-refractivity contribution in [3.8, 4) is 5.75 Å². The molecule has 0 fully saturated rings. The number of halogens is 1. The van der Waals surface area contributed by atoms with Crippen LogP contribution in [0.25, 0.3) is 0 Å². The van der Waals surface area contributed by atoms with Gasteiger partial charge in [-0.3, -0.25) is 0 Å². The Morgan fingerprint density at radius 3 is 2.63 bits per heavy atom. The fourth-order valence-corrected chi connectivity index (χ4v) is 2.34. The third kappa shape index (κ3) is 7.07. The molecule has 148 valence electrons. The van der Waals surface area contributed by atoms with Crippen molar-refractivity contribution in [2.45, 2.75) is 26.5 Å². The highest BCUT2D eigenvalue weighted by atomic mass is 35.5. The van der Waals surface area contributed by atoms with E-state index in [0.29, 0.717) is 37.2 Å². The molecule has 0 aliphatic heterocycles. The third-order valence-corrected chi connectivity index (χ3v) is 4.12. The lowest BCUT2D eigenvalue weighted by Crippen LogP contribution is -2.43. The van der Waals surface area contributed by atoms with E-state index in [9.17, 15) is 0 Å². The molecule has 2 aromatic rings. The molecule has 27 heavy (non-hydrogen) atoms. The minimum atomic E-state index is -0.0577. The number of aryl methyl sites for hydroxylation is 1. The molecule has 1 atom stereocenters. The van der Waals surface area contributed by atoms with Gasteiger partial charge >= 0.3 is 0 Å². The summed E-state index contributed by atoms with van der Waals surface area (Å²) in [7, 11) is 3.59. The lowest BCUT2D eigenvalue weighted by atomic mass is 10.3. The quantitative estimate of drug-likeness (QED) is 0.384. The Morgan fingerprint density at radius 2 is 2.00 bits per heavy atom. The van der Waals surface area contributed by atoms with Crippen LogP contribution in [0.5, 0.6) is 5.75 Å². The van der Waals surface area contributed by atoms with E-state index in [1.807, 2.05) is 37.6 Å². The van der Waals surface area contributed by atoms with E-state index in [-0.39, 0.29) is 6.10 Å². The summed E-state index contributed by atoms with van der Waals surface area (Å²) in [6.45, 7) is 6.13. The maximum atomic E-state index is 5.90. The molecule has 0 amide bonds. The molecule has 1 unspecified atom stereocenters. The third-order valence-electron chi connectivity index (χ3n) is 3.87. The first kappa shape index (κ1) is 21.0. The fraction of sp³-hybridized carbons (Fsp3) is 0.500. The summed E-state index contributed by atoms with van der Waals surface area (Å²) < 4.78 is 12.9. The Balaban J connectivity index is 1.91. The Morgan fingerprint density at radius 1 is 1.26 bits per heavy atom. The van der Waals surface area contributed by atoms with Crippen LogP contribution in [0.3, 0.4) is 0 Å². The number of benzene rings is 1. The van der Waals surface area contributed by atoms with Gasteiger partial charge in [0.1, 0.15) is 24.2 Å². The van der Waals surface area contributed by atoms with Crippen molar-refractivity contribution in [1.82, 2.24) is 25.4 Å². The smallest absolute Gasteiger partial charge is 0.191 e. The number of hydrogen-bond donors (Lipinski definition) is 2. The van der Waals surface area contributed by atoms with Crippen molar-refractivity contribution in [1.29, 1.82) is 0 Å². The monoisotopic (exact) mass is 394 g/mol. The highest BCUT2D eigenvalue weighted by molar-refractivity contribution is 6.30. The molecule has 0 saturated carbocycles. The van der Waals surface area contributed by atoms with Crippen LogP contribution in [-0.4, -0.2) is 53.6 Å². The van der Waals surface area contributed by atoms with E-state index in [1.165, 1.54) is 0 Å². The van der Waals surface area contributed by atoms with Gasteiger partial charge in [0.05, 0.1) is 13.2 Å². The van der Waals surface area contributed by atoms with Crippen LogP contribution < -0.4 is 15.4 Å². The second-order valence-corrected chi connectivity index (χ2v) is 6.51. The van der Waals surface area contributed by atoms with E-state index in [4.69, 9.17) is 21.1 Å². The van der Waals surface area contributed by atoms with Crippen molar-refractivity contribution in [2.75, 3.05) is 26.8 Å². The fourth-order valence-electron chi connectivity index (χ4n) is 2.21. The molecule has 2 rings (SSSR count). The van der Waals surface area contributed by atoms with Crippen molar-refractivity contribution >= 4 is 17.6 Å². The molecule has 0 spiro atoms. The topological polar surface area (TPSA) is 85.6 Å². The lowest BCUT2D eigenvalue weighted by molar-refractivity contribution is 0.203. The molecule has 2 N–H and O–H groups in total. The molecular formula is C18H27ClN6O2. The highest BCUT2D eigenvalue weighted by Gasteiger charge is 2.08. The van der Waals surface area contributed by atoms with Crippen molar-refractivity contribution in [3.05, 3.63) is 40.9 Å². The summed E-state index contributed by atoms with van der Waals surface area (Å²) in [6, 6.07) is 7.31. The van der Waals surface area contributed by atoms with Crippen LogP contribution in [0.15, 0.2) is 29.3 Å². The van der Waals surface area contributed by atoms with Gasteiger partial charge in [0.15, 0.2) is 11.8 Å². The maximum absolute atomic E-state index is 5.90. The van der Waals surface area contributed by atoms with Gasteiger partial charge in [0.25, 0.3) is 0 Å². The Bertz CT molecular complexity index is 732. The minimum Gasteiger partial charge on any atom is -0.489 e. The number of hydrogen-bond acceptors (Lipinski definition) is 5. The van der Waals surface area contributed by atoms with E-state index < -0.39 is 0 Å². The summed E-state index contributed by atoms with van der Waals surface area (Å²) in [4.78, 5) is 4.57. The molecule has 1 aromatic carbocycles. The molecule has 8 nitrogen and oxygen atoms in total. The van der Waals surface area contributed by atoms with E-state index in [1.54, 1.807) is 19.2 Å². The van der Waals surface area contributed by atoms with Gasteiger partial charge in [-0.15, -0.1) is 10.2 Å². The Kier molecular flexibility index (Phi) is 8.35. The van der Waals surface area contributed by atoms with Gasteiger partial charge in [-0.05, 0) is 38.1 Å². The van der Waals surface area contributed by atoms with Gasteiger partial charge in [0.2, 0.25) is 0 Å². The van der Waals surface area contributed by atoms with Crippen LogP contribution in [0.1, 0.15) is 18.6 Å². The number of aliphatic imine (C=N–C) groups is 1. The van der Waals surface area contributed by atoms with Gasteiger partial charge in [-0.2, -0.15) is 0 Å². The average molecular weight is 395 g/mol. The van der Waals surface area contributed by atoms with Gasteiger partial charge < -0.3 is 24.7 Å². The Labute approximate surface area is 164 Å². The second-order valence-electron chi connectivity index (χ2n) is 6.07. The van der Waals surface area contributed by atoms with Crippen molar-refractivity contribution in [2.24, 2.45) is 12.0 Å². The summed E-state index contributed by atoms with van der Waals surface area (Å²) in [5, 5.41) is 15.4. The van der Waals surface area contributed by atoms with Crippen molar-refractivity contribution < 1.29 is 9.47 Å². The zero-order valence-electron chi connectivity index (χ0n) is 16.2. The van der Waals surface area contributed by atoms with Gasteiger partial charge in [-0.25, -0.2) is 4.99 Å². The molecule has 1 aromatic heterocycles. The van der Waals surface area contributed by atoms with E-state index >= 15 is 0 Å². The maximum Gasteiger partial charge on any atom is 0.191 e. The van der Waals surface area contributed by atoms with E-state index in [0.717, 1.165) is 17.4 Å². The van der Waals surface area contributed by atoms with Crippen molar-refractivity contribution in [3.63, 3.8) is 0 Å². The van der Waals surface area contributed by atoms with Crippen LogP contribution in [0, 0.1) is 6.92 Å². The first-order valence-electron chi connectivity index (χ1n) is 8.77. The SMILES string of the molecule is COCCNC(=NCc1nnc(C)n1C)NCC(C)Oc1ccc(Cl)cc1. The molecule has 9 heteroatoms. The number of methoxy groups -OCH3 is 1. The standard InChI is InChI=1S/C18H27ClN6O2/c1-13(27-16-7-5-15(19)6-8-16)11-21-18(20-9-10-26-4)22-12-17-24-23-14(2)25(17)3/h5-8,13H,9-12H2,1-4H3,(H2,20,21,22). The number of rotatable bonds is 9. The van der Waals surface area contributed by atoms with Crippen LogP contribution >= 0.6 is 11.6 Å². The second kappa shape index (κ2) is 10.7. The molecule has 0 saturated heterocycles. The van der Waals surface area contributed by atoms with Crippen LogP contribution in [0.2, 0.25) is 5.02 Å². The molecule has 0 bridgehead atoms. The average Bonchev–Trinajstić information content (AvgIpc) is 2.97. The molecular weight excluding hydrogens is 368 g/mol. The van der Waals surface area contributed by atoms with Gasteiger partial charge in [0, 0.05) is 25.7 Å². The largest absolute Gasteiger partial charge is 0.489 e. The predicted octanol–water partition coefficient (Wildman–Crippen LogP) is 1.93. The zero-order valence-corrected chi connectivity index (χ0v) is 17.0. The van der Waals surface area contributed by atoms with E-state index in [2.05, 4.69) is 25.8 Å². The summed E-state index contributed by atoms with van der Waals surface area (Å²) in [5.41, 5.74) is 0. The predicted molar refractivity (Wildman–Crippen MR) is 106 cm³/mol. The first-order chi connectivity index (χ1) is 13.0. The molecule has 0 aliphatic rings. The Hall–Kier alpha value is -2.32. The number of aromatic nitrogens is 3. The first-order valence-corrected chi connectivity index (χ1v) is 9.15. The number of ether oxygens (including phenoxy) is 2. The molecule has 1 heterocycles. The normalized spacial score (nSPS) is 12.7. The summed E-state index contributed by atoms with van der Waals surface area (Å²) in [6.07, 6.45) is -0.0577.